The van der Waals surface area contributed by atoms with Crippen LogP contribution in [0.25, 0.3) is 0 Å². The van der Waals surface area contributed by atoms with Crippen molar-refractivity contribution >= 4 is 45.1 Å². The molecule has 0 radical (unpaired) electrons. The molecule has 1 atom stereocenters. The molecule has 1 amide bonds. The molecule has 1 unspecified atom stereocenters. The molecule has 0 aliphatic rings. The molecule has 0 aliphatic heterocycles. The molecule has 0 heterocycles. The zero-order chi connectivity index (χ0) is 16.1. The van der Waals surface area contributed by atoms with Crippen molar-refractivity contribution in [2.75, 3.05) is 5.32 Å². The van der Waals surface area contributed by atoms with Gasteiger partial charge in [0.15, 0.2) is 5.78 Å². The van der Waals surface area contributed by atoms with E-state index >= 15 is 0 Å². The lowest BCUT2D eigenvalue weighted by Crippen LogP contribution is -2.23. The molecule has 1 N–H and O–H groups in total. The normalized spacial score (nSPS) is 11.8. The summed E-state index contributed by atoms with van der Waals surface area (Å²) in [6.07, 6.45) is 0. The third kappa shape index (κ3) is 4.45. The van der Waals surface area contributed by atoms with E-state index in [-0.39, 0.29) is 16.9 Å². The van der Waals surface area contributed by atoms with E-state index in [4.69, 9.17) is 0 Å². The summed E-state index contributed by atoms with van der Waals surface area (Å²) in [7, 11) is 0. The first kappa shape index (κ1) is 16.8. The van der Waals surface area contributed by atoms with Gasteiger partial charge in [-0.25, -0.2) is 0 Å². The van der Waals surface area contributed by atoms with Crippen molar-refractivity contribution in [1.29, 1.82) is 0 Å². The van der Waals surface area contributed by atoms with Crippen LogP contribution in [0.3, 0.4) is 0 Å². The Bertz CT molecular complexity index is 703. The quantitative estimate of drug-likeness (QED) is 0.602. The number of amides is 1. The van der Waals surface area contributed by atoms with Gasteiger partial charge in [0.1, 0.15) is 0 Å². The number of para-hydroxylation sites is 1. The third-order valence-electron chi connectivity index (χ3n) is 3.04. The second kappa shape index (κ2) is 7.61. The Hall–Kier alpha value is -1.59. The van der Waals surface area contributed by atoms with E-state index in [0.29, 0.717) is 11.3 Å². The first-order chi connectivity index (χ1) is 10.5. The molecule has 114 valence electrons. The van der Waals surface area contributed by atoms with E-state index in [0.717, 1.165) is 9.37 Å². The van der Waals surface area contributed by atoms with Crippen molar-refractivity contribution < 1.29 is 9.59 Å². The third-order valence-corrected chi connectivity index (χ3v) is 4.63. The topological polar surface area (TPSA) is 46.2 Å². The molecule has 2 rings (SSSR count). The highest BCUT2D eigenvalue weighted by Crippen LogP contribution is 2.27. The van der Waals surface area contributed by atoms with Gasteiger partial charge in [-0.3, -0.25) is 9.59 Å². The zero-order valence-corrected chi connectivity index (χ0v) is 14.7. The summed E-state index contributed by atoms with van der Waals surface area (Å²) in [6.45, 7) is 3.34. The van der Waals surface area contributed by atoms with Gasteiger partial charge in [-0.05, 0) is 44.2 Å². The molecule has 2 aromatic carbocycles. The number of nitrogens with one attached hydrogen (secondary N) is 1. The fraction of sp³-hybridized carbons (Fsp3) is 0.176. The van der Waals surface area contributed by atoms with Crippen LogP contribution < -0.4 is 5.32 Å². The van der Waals surface area contributed by atoms with Crippen LogP contribution in [0.4, 0.5) is 5.69 Å². The minimum Gasteiger partial charge on any atom is -0.324 e. The van der Waals surface area contributed by atoms with E-state index in [1.165, 1.54) is 18.7 Å². The Kier molecular flexibility index (Phi) is 5.80. The van der Waals surface area contributed by atoms with Gasteiger partial charge in [0, 0.05) is 14.9 Å². The Morgan fingerprint density at radius 2 is 1.86 bits per heavy atom. The zero-order valence-electron chi connectivity index (χ0n) is 12.3. The molecular formula is C17H16BrNO2S. The number of hydrogen-bond acceptors (Lipinski definition) is 3. The number of anilines is 1. The first-order valence-corrected chi connectivity index (χ1v) is 8.47. The maximum atomic E-state index is 12.3. The van der Waals surface area contributed by atoms with Crippen molar-refractivity contribution in [3.05, 3.63) is 58.6 Å². The van der Waals surface area contributed by atoms with Gasteiger partial charge < -0.3 is 5.32 Å². The summed E-state index contributed by atoms with van der Waals surface area (Å²) < 4.78 is 0.979. The Morgan fingerprint density at radius 1 is 1.14 bits per heavy atom. The highest BCUT2D eigenvalue weighted by Gasteiger charge is 2.16. The van der Waals surface area contributed by atoms with Crippen molar-refractivity contribution in [3.63, 3.8) is 0 Å². The average Bonchev–Trinajstić information content (AvgIpc) is 2.47. The van der Waals surface area contributed by atoms with Crippen LogP contribution in [0.1, 0.15) is 24.2 Å². The lowest BCUT2D eigenvalue weighted by molar-refractivity contribution is -0.115. The van der Waals surface area contributed by atoms with Crippen LogP contribution in [-0.4, -0.2) is 16.9 Å². The molecule has 0 spiro atoms. The molecule has 2 aromatic rings. The first-order valence-electron chi connectivity index (χ1n) is 6.80. The van der Waals surface area contributed by atoms with E-state index in [1.807, 2.05) is 31.2 Å². The van der Waals surface area contributed by atoms with Crippen molar-refractivity contribution in [2.45, 2.75) is 24.0 Å². The van der Waals surface area contributed by atoms with E-state index in [2.05, 4.69) is 21.2 Å². The summed E-state index contributed by atoms with van der Waals surface area (Å²) >= 11 is 4.89. The summed E-state index contributed by atoms with van der Waals surface area (Å²) in [4.78, 5) is 24.9. The molecule has 0 bridgehead atoms. The predicted octanol–water partition coefficient (Wildman–Crippen LogP) is 4.77. The van der Waals surface area contributed by atoms with Crippen molar-refractivity contribution in [2.24, 2.45) is 0 Å². The summed E-state index contributed by atoms with van der Waals surface area (Å²) in [5.74, 6) is -0.193. The Labute approximate surface area is 142 Å². The van der Waals surface area contributed by atoms with Crippen LogP contribution in [0, 0.1) is 0 Å². The maximum absolute atomic E-state index is 12.3. The molecule has 0 fully saturated rings. The minimum absolute atomic E-state index is 0.0665. The van der Waals surface area contributed by atoms with Gasteiger partial charge in [0.2, 0.25) is 5.91 Å². The fourth-order valence-electron chi connectivity index (χ4n) is 1.93. The fourth-order valence-corrected chi connectivity index (χ4v) is 3.41. The highest BCUT2D eigenvalue weighted by atomic mass is 79.9. The molecule has 5 heteroatoms. The van der Waals surface area contributed by atoms with E-state index in [9.17, 15) is 9.59 Å². The van der Waals surface area contributed by atoms with Gasteiger partial charge in [0.05, 0.1) is 10.9 Å². The van der Waals surface area contributed by atoms with Gasteiger partial charge >= 0.3 is 0 Å². The number of hydrogen-bond donors (Lipinski definition) is 1. The SMILES string of the molecule is CC(=O)c1ccccc1NC(=O)C(C)Sc1cccc(Br)c1. The maximum Gasteiger partial charge on any atom is 0.237 e. The average molecular weight is 378 g/mol. The minimum atomic E-state index is -0.269. The monoisotopic (exact) mass is 377 g/mol. The van der Waals surface area contributed by atoms with Crippen LogP contribution in [-0.2, 0) is 4.79 Å². The molecular weight excluding hydrogens is 362 g/mol. The molecule has 0 aromatic heterocycles. The van der Waals surface area contributed by atoms with E-state index in [1.54, 1.807) is 24.3 Å². The van der Waals surface area contributed by atoms with Gasteiger partial charge in [-0.2, -0.15) is 0 Å². The number of Topliss-reactive ketones (excluding diaryl/α,β-unsaturated/α-hetero) is 1. The van der Waals surface area contributed by atoms with Gasteiger partial charge in [-0.15, -0.1) is 11.8 Å². The van der Waals surface area contributed by atoms with E-state index < -0.39 is 0 Å². The smallest absolute Gasteiger partial charge is 0.237 e. The van der Waals surface area contributed by atoms with Crippen LogP contribution in [0.15, 0.2) is 57.9 Å². The van der Waals surface area contributed by atoms with Crippen molar-refractivity contribution in [1.82, 2.24) is 0 Å². The lowest BCUT2D eigenvalue weighted by atomic mass is 10.1. The molecule has 0 saturated heterocycles. The molecule has 22 heavy (non-hydrogen) atoms. The number of carbonyl (C=O) groups excluding carboxylic acids is 2. The molecule has 0 aliphatic carbocycles. The Morgan fingerprint density at radius 3 is 2.55 bits per heavy atom. The summed E-state index contributed by atoms with van der Waals surface area (Å²) in [6, 6.07) is 14.8. The number of halogens is 1. The van der Waals surface area contributed by atoms with Crippen LogP contribution in [0.5, 0.6) is 0 Å². The second-order valence-corrected chi connectivity index (χ2v) is 7.14. The predicted molar refractivity (Wildman–Crippen MR) is 94.5 cm³/mol. The number of rotatable bonds is 5. The highest BCUT2D eigenvalue weighted by molar-refractivity contribution is 9.10. The molecule has 0 saturated carbocycles. The van der Waals surface area contributed by atoms with Crippen LogP contribution in [0.2, 0.25) is 0 Å². The number of ketones is 1. The van der Waals surface area contributed by atoms with Gasteiger partial charge in [-0.1, -0.05) is 34.1 Å². The molecule has 3 nitrogen and oxygen atoms in total. The largest absolute Gasteiger partial charge is 0.324 e. The summed E-state index contributed by atoms with van der Waals surface area (Å²) in [5.41, 5.74) is 1.08. The second-order valence-electron chi connectivity index (χ2n) is 4.81. The van der Waals surface area contributed by atoms with Crippen LogP contribution >= 0.6 is 27.7 Å². The standard InChI is InChI=1S/C17H16BrNO2S/c1-11(20)15-8-3-4-9-16(15)19-17(21)12(2)22-14-7-5-6-13(18)10-14/h3-10,12H,1-2H3,(H,19,21). The number of thioether (sulfide) groups is 1. The lowest BCUT2D eigenvalue weighted by Gasteiger charge is -2.14. The summed E-state index contributed by atoms with van der Waals surface area (Å²) in [5, 5.41) is 2.57. The van der Waals surface area contributed by atoms with Crippen molar-refractivity contribution in [3.8, 4) is 0 Å². The van der Waals surface area contributed by atoms with Gasteiger partial charge in [0.25, 0.3) is 0 Å². The number of benzene rings is 2. The Balaban J connectivity index is 2.07. The number of carbonyl (C=O) groups is 2.